The maximum Gasteiger partial charge on any atom is 0.224 e. The predicted octanol–water partition coefficient (Wildman–Crippen LogP) is 0.780. The third-order valence-corrected chi connectivity index (χ3v) is 3.50. The number of hydrogen-bond acceptors (Lipinski definition) is 3. The molecule has 4 N–H and O–H groups in total. The van der Waals surface area contributed by atoms with Gasteiger partial charge in [0.15, 0.2) is 0 Å². The Labute approximate surface area is 101 Å². The molecule has 0 fully saturated rings. The number of hydrogen-bond donors (Lipinski definition) is 3. The van der Waals surface area contributed by atoms with E-state index >= 15 is 0 Å². The number of nitrogens with two attached hydrogens (primary N) is 1. The minimum Gasteiger partial charge on any atom is -0.395 e. The zero-order valence-corrected chi connectivity index (χ0v) is 9.99. The quantitative estimate of drug-likeness (QED) is 0.723. The molecule has 4 heteroatoms. The highest BCUT2D eigenvalue weighted by Gasteiger charge is 2.25. The van der Waals surface area contributed by atoms with E-state index in [2.05, 4.69) is 5.32 Å². The summed E-state index contributed by atoms with van der Waals surface area (Å²) in [7, 11) is 0. The van der Waals surface area contributed by atoms with E-state index < -0.39 is 5.41 Å². The van der Waals surface area contributed by atoms with E-state index in [1.54, 1.807) is 0 Å². The smallest absolute Gasteiger partial charge is 0.224 e. The van der Waals surface area contributed by atoms with E-state index in [1.807, 2.05) is 25.1 Å². The van der Waals surface area contributed by atoms with E-state index in [4.69, 9.17) is 5.73 Å². The molecule has 1 aromatic carbocycles. The summed E-state index contributed by atoms with van der Waals surface area (Å²) in [6, 6.07) is 5.86. The summed E-state index contributed by atoms with van der Waals surface area (Å²) >= 11 is 0. The van der Waals surface area contributed by atoms with E-state index in [0.29, 0.717) is 13.0 Å². The molecule has 0 saturated heterocycles. The lowest BCUT2D eigenvalue weighted by molar-refractivity contribution is -0.116. The summed E-state index contributed by atoms with van der Waals surface area (Å²) in [6.45, 7) is 2.36. The third-order valence-electron chi connectivity index (χ3n) is 3.50. The Hall–Kier alpha value is -1.39. The second kappa shape index (κ2) is 4.47. The van der Waals surface area contributed by atoms with Crippen LogP contribution in [0.25, 0.3) is 0 Å². The molecule has 0 spiro atoms. The largest absolute Gasteiger partial charge is 0.395 e. The van der Waals surface area contributed by atoms with Gasteiger partial charge in [0, 0.05) is 24.1 Å². The Balaban J connectivity index is 2.37. The van der Waals surface area contributed by atoms with Crippen molar-refractivity contribution in [2.75, 3.05) is 18.5 Å². The SMILES string of the molecule is CC(CN)(CO)c1ccc2c(c1)CCC(=O)N2. The molecular formula is C13H18N2O2. The Bertz CT molecular complexity index is 439. The lowest BCUT2D eigenvalue weighted by Crippen LogP contribution is -2.35. The van der Waals surface area contributed by atoms with Gasteiger partial charge in [-0.1, -0.05) is 19.1 Å². The summed E-state index contributed by atoms with van der Waals surface area (Å²) in [4.78, 5) is 11.2. The first kappa shape index (κ1) is 12.1. The van der Waals surface area contributed by atoms with Crippen molar-refractivity contribution < 1.29 is 9.90 Å². The molecule has 0 radical (unpaired) electrons. The first-order valence-corrected chi connectivity index (χ1v) is 5.83. The number of rotatable bonds is 3. The zero-order valence-electron chi connectivity index (χ0n) is 9.99. The lowest BCUT2D eigenvalue weighted by Gasteiger charge is -2.28. The van der Waals surface area contributed by atoms with Crippen LogP contribution in [0.2, 0.25) is 0 Å². The maximum atomic E-state index is 11.2. The molecular weight excluding hydrogens is 216 g/mol. The van der Waals surface area contributed by atoms with Crippen LogP contribution in [0, 0.1) is 0 Å². The predicted molar refractivity (Wildman–Crippen MR) is 66.9 cm³/mol. The molecule has 4 nitrogen and oxygen atoms in total. The number of benzene rings is 1. The maximum absolute atomic E-state index is 11.2. The van der Waals surface area contributed by atoms with Gasteiger partial charge in [-0.15, -0.1) is 0 Å². The monoisotopic (exact) mass is 234 g/mol. The van der Waals surface area contributed by atoms with Crippen LogP contribution in [0.1, 0.15) is 24.5 Å². The fourth-order valence-electron chi connectivity index (χ4n) is 2.03. The van der Waals surface area contributed by atoms with E-state index in [9.17, 15) is 9.90 Å². The lowest BCUT2D eigenvalue weighted by atomic mass is 9.82. The number of amides is 1. The van der Waals surface area contributed by atoms with Crippen molar-refractivity contribution in [2.24, 2.45) is 5.73 Å². The van der Waals surface area contributed by atoms with Gasteiger partial charge >= 0.3 is 0 Å². The second-order valence-corrected chi connectivity index (χ2v) is 4.84. The number of fused-ring (bicyclic) bond motifs is 1. The van der Waals surface area contributed by atoms with Crippen molar-refractivity contribution in [2.45, 2.75) is 25.2 Å². The molecule has 0 aromatic heterocycles. The first-order valence-electron chi connectivity index (χ1n) is 5.83. The number of carbonyl (C=O) groups excluding carboxylic acids is 1. The summed E-state index contributed by atoms with van der Waals surface area (Å²) in [6.07, 6.45) is 1.27. The van der Waals surface area contributed by atoms with Crippen molar-refractivity contribution in [1.29, 1.82) is 0 Å². The molecule has 1 heterocycles. The molecule has 1 amide bonds. The second-order valence-electron chi connectivity index (χ2n) is 4.84. The van der Waals surface area contributed by atoms with Gasteiger partial charge in [-0.3, -0.25) is 4.79 Å². The number of aliphatic hydroxyl groups is 1. The molecule has 0 saturated carbocycles. The first-order chi connectivity index (χ1) is 8.09. The van der Waals surface area contributed by atoms with Crippen LogP contribution in [-0.4, -0.2) is 24.2 Å². The van der Waals surface area contributed by atoms with Crippen LogP contribution in [0.5, 0.6) is 0 Å². The summed E-state index contributed by atoms with van der Waals surface area (Å²) in [5.74, 6) is 0.0639. The number of anilines is 1. The van der Waals surface area contributed by atoms with Gasteiger partial charge < -0.3 is 16.2 Å². The van der Waals surface area contributed by atoms with Gasteiger partial charge in [0.05, 0.1) is 6.61 Å². The number of aliphatic hydroxyl groups excluding tert-OH is 1. The van der Waals surface area contributed by atoms with Gasteiger partial charge in [0.1, 0.15) is 0 Å². The van der Waals surface area contributed by atoms with Crippen LogP contribution in [0.3, 0.4) is 0 Å². The van der Waals surface area contributed by atoms with Crippen LogP contribution in [0.15, 0.2) is 18.2 Å². The summed E-state index contributed by atoms with van der Waals surface area (Å²) in [5, 5.41) is 12.3. The minimum absolute atomic E-state index is 0.0225. The van der Waals surface area contributed by atoms with Crippen molar-refractivity contribution >= 4 is 11.6 Å². The van der Waals surface area contributed by atoms with Crippen LogP contribution >= 0.6 is 0 Å². The molecule has 2 rings (SSSR count). The number of nitrogens with one attached hydrogen (secondary N) is 1. The van der Waals surface area contributed by atoms with Crippen molar-refractivity contribution in [3.63, 3.8) is 0 Å². The molecule has 92 valence electrons. The summed E-state index contributed by atoms with van der Waals surface area (Å²) in [5.41, 5.74) is 8.33. The highest BCUT2D eigenvalue weighted by Crippen LogP contribution is 2.29. The van der Waals surface area contributed by atoms with Crippen LogP contribution in [0.4, 0.5) is 5.69 Å². The highest BCUT2D eigenvalue weighted by atomic mass is 16.3. The van der Waals surface area contributed by atoms with E-state index in [-0.39, 0.29) is 12.5 Å². The Kier molecular flexibility index (Phi) is 3.17. The average molecular weight is 234 g/mol. The fraction of sp³-hybridized carbons (Fsp3) is 0.462. The van der Waals surface area contributed by atoms with Gasteiger partial charge in [0.25, 0.3) is 0 Å². The zero-order chi connectivity index (χ0) is 12.5. The van der Waals surface area contributed by atoms with E-state index in [0.717, 1.165) is 23.2 Å². The number of aryl methyl sites for hydroxylation is 1. The highest BCUT2D eigenvalue weighted by molar-refractivity contribution is 5.93. The molecule has 17 heavy (non-hydrogen) atoms. The summed E-state index contributed by atoms with van der Waals surface area (Å²) < 4.78 is 0. The Morgan fingerprint density at radius 1 is 1.47 bits per heavy atom. The van der Waals surface area contributed by atoms with Crippen molar-refractivity contribution in [3.8, 4) is 0 Å². The molecule has 1 aliphatic heterocycles. The van der Waals surface area contributed by atoms with Gasteiger partial charge in [-0.05, 0) is 23.6 Å². The molecule has 0 aliphatic carbocycles. The standard InChI is InChI=1S/C13H18N2O2/c1-13(7-14,8-16)10-3-4-11-9(6-10)2-5-12(17)15-11/h3-4,6,16H,2,5,7-8,14H2,1H3,(H,15,17). The Morgan fingerprint density at radius 3 is 2.88 bits per heavy atom. The Morgan fingerprint density at radius 2 is 2.24 bits per heavy atom. The van der Waals surface area contributed by atoms with Gasteiger partial charge in [-0.2, -0.15) is 0 Å². The fourth-order valence-corrected chi connectivity index (χ4v) is 2.03. The molecule has 1 atom stereocenters. The van der Waals surface area contributed by atoms with Gasteiger partial charge in [0.2, 0.25) is 5.91 Å². The molecule has 1 aromatic rings. The minimum atomic E-state index is -0.406. The average Bonchev–Trinajstić information content (AvgIpc) is 2.37. The number of carbonyl (C=O) groups is 1. The molecule has 1 aliphatic rings. The van der Waals surface area contributed by atoms with Gasteiger partial charge in [-0.25, -0.2) is 0 Å². The normalized spacial score (nSPS) is 18.2. The third kappa shape index (κ3) is 2.18. The molecule has 0 bridgehead atoms. The van der Waals surface area contributed by atoms with E-state index in [1.165, 1.54) is 0 Å². The topological polar surface area (TPSA) is 75.3 Å². The van der Waals surface area contributed by atoms with Crippen LogP contribution in [-0.2, 0) is 16.6 Å². The van der Waals surface area contributed by atoms with Crippen LogP contribution < -0.4 is 11.1 Å². The molecule has 1 unspecified atom stereocenters. The van der Waals surface area contributed by atoms with Crippen molar-refractivity contribution in [3.05, 3.63) is 29.3 Å². The van der Waals surface area contributed by atoms with Crippen molar-refractivity contribution in [1.82, 2.24) is 0 Å².